The van der Waals surface area contributed by atoms with E-state index in [0.717, 1.165) is 12.8 Å². The quantitative estimate of drug-likeness (QED) is 0.570. The summed E-state index contributed by atoms with van der Waals surface area (Å²) in [6.07, 6.45) is 2.18. The second-order valence-corrected chi connectivity index (χ2v) is 7.86. The fraction of sp³-hybridized carbons (Fsp3) is 0.348. The Kier molecular flexibility index (Phi) is 3.66. The molecule has 0 atom stereocenters. The number of rotatable bonds is 6. The van der Waals surface area contributed by atoms with Crippen molar-refractivity contribution < 1.29 is 16.4 Å². The van der Waals surface area contributed by atoms with E-state index in [0.29, 0.717) is 22.6 Å². The zero-order chi connectivity index (χ0) is 26.7. The number of anilines is 4. The highest BCUT2D eigenvalue weighted by atomic mass is 16.2. The second-order valence-electron chi connectivity index (χ2n) is 7.86. The molecule has 2 N–H and O–H groups in total. The van der Waals surface area contributed by atoms with Crippen molar-refractivity contribution in [3.8, 4) is 11.3 Å². The van der Waals surface area contributed by atoms with E-state index >= 15 is 0 Å². The van der Waals surface area contributed by atoms with Crippen molar-refractivity contribution in [3.05, 3.63) is 41.7 Å². The van der Waals surface area contributed by atoms with Gasteiger partial charge < -0.3 is 15.5 Å². The van der Waals surface area contributed by atoms with E-state index in [1.165, 1.54) is 22.0 Å². The van der Waals surface area contributed by atoms with E-state index < -0.39 is 25.6 Å². The van der Waals surface area contributed by atoms with Gasteiger partial charge in [0.1, 0.15) is 17.2 Å². The number of para-hydroxylation sites is 1. The van der Waals surface area contributed by atoms with Gasteiger partial charge in [-0.2, -0.15) is 15.0 Å². The van der Waals surface area contributed by atoms with Crippen LogP contribution in [-0.2, 0) is 18.3 Å². The smallest absolute Gasteiger partial charge is 0.228 e. The first-order valence-corrected chi connectivity index (χ1v) is 10.3. The molecule has 5 rings (SSSR count). The van der Waals surface area contributed by atoms with Gasteiger partial charge in [0, 0.05) is 48.4 Å². The molecule has 1 fully saturated rings. The first kappa shape index (κ1) is 15.1. The Labute approximate surface area is 192 Å². The van der Waals surface area contributed by atoms with Crippen LogP contribution in [0.3, 0.4) is 0 Å². The number of hydrogen-bond donors (Lipinski definition) is 2. The van der Waals surface area contributed by atoms with E-state index in [2.05, 4.69) is 25.8 Å². The molecule has 1 aromatic carbocycles. The van der Waals surface area contributed by atoms with Crippen molar-refractivity contribution in [2.45, 2.75) is 32.6 Å². The number of Topliss-reactive ketones (excluding diaryl/α,β-unsaturated/α-hetero) is 1. The predicted molar refractivity (Wildman–Crippen MR) is 122 cm³/mol. The number of pyridine rings is 1. The van der Waals surface area contributed by atoms with Crippen molar-refractivity contribution in [2.75, 3.05) is 22.6 Å². The van der Waals surface area contributed by atoms with Crippen molar-refractivity contribution >= 4 is 34.6 Å². The number of nitrogens with one attached hydrogen (secondary N) is 2. The molecule has 1 aliphatic carbocycles. The van der Waals surface area contributed by atoms with Crippen molar-refractivity contribution in [1.82, 2.24) is 20.0 Å². The predicted octanol–water partition coefficient (Wildman–Crippen LogP) is 3.51. The van der Waals surface area contributed by atoms with E-state index in [1.54, 1.807) is 32.3 Å². The Hall–Kier alpha value is -3.75. The largest absolute Gasteiger partial charge is 0.366 e. The zero-order valence-electron chi connectivity index (χ0n) is 22.6. The molecule has 9 nitrogen and oxygen atoms in total. The normalized spacial score (nSPS) is 18.8. The lowest BCUT2D eigenvalue weighted by atomic mass is 10.0. The third-order valence-corrected chi connectivity index (χ3v) is 5.45. The molecule has 2 aliphatic rings. The highest BCUT2D eigenvalue weighted by Gasteiger charge is 2.30. The van der Waals surface area contributed by atoms with Crippen LogP contribution in [0.5, 0.6) is 0 Å². The summed E-state index contributed by atoms with van der Waals surface area (Å²) in [5, 5.41) is 14.5. The minimum absolute atomic E-state index is 0.0415. The Morgan fingerprint density at radius 2 is 2.09 bits per heavy atom. The van der Waals surface area contributed by atoms with Crippen molar-refractivity contribution in [1.29, 1.82) is 0 Å². The molecule has 164 valence electrons. The summed E-state index contributed by atoms with van der Waals surface area (Å²) in [5.41, 5.74) is 2.43. The lowest BCUT2D eigenvalue weighted by Gasteiger charge is -2.29. The summed E-state index contributed by atoms with van der Waals surface area (Å²) in [4.78, 5) is 32.1. The summed E-state index contributed by atoms with van der Waals surface area (Å²) in [7, 11) is 3.21. The van der Waals surface area contributed by atoms with Gasteiger partial charge >= 0.3 is 0 Å². The van der Waals surface area contributed by atoms with Gasteiger partial charge in [0.25, 0.3) is 0 Å². The average Bonchev–Trinajstić information content (AvgIpc) is 3.58. The van der Waals surface area contributed by atoms with Crippen LogP contribution < -0.4 is 15.5 Å². The average molecular weight is 437 g/mol. The van der Waals surface area contributed by atoms with Gasteiger partial charge in [-0.25, -0.2) is 4.98 Å². The van der Waals surface area contributed by atoms with E-state index in [9.17, 15) is 9.59 Å². The number of amides is 1. The highest BCUT2D eigenvalue weighted by Crippen LogP contribution is 2.42. The SMILES string of the molecule is [2H]C([2H])([2H])CC(=O)c1cnc(NC(=O)C2CC2)cc1Nc1cccc2c1N(C)C([2H])([2H])c1nn(C)nc1-2. The topological polar surface area (TPSA) is 105 Å². The van der Waals surface area contributed by atoms with Crippen LogP contribution >= 0.6 is 0 Å². The molecule has 3 aromatic rings. The van der Waals surface area contributed by atoms with Gasteiger partial charge in [-0.1, -0.05) is 19.0 Å². The zero-order valence-corrected chi connectivity index (χ0v) is 17.6. The van der Waals surface area contributed by atoms with Gasteiger partial charge in [0.2, 0.25) is 5.91 Å². The van der Waals surface area contributed by atoms with Crippen molar-refractivity contribution in [2.24, 2.45) is 13.0 Å². The van der Waals surface area contributed by atoms with E-state index in [1.807, 2.05) is 0 Å². The number of carbonyl (C=O) groups is 2. The maximum absolute atomic E-state index is 12.9. The van der Waals surface area contributed by atoms with Gasteiger partial charge in [-0.3, -0.25) is 9.59 Å². The highest BCUT2D eigenvalue weighted by molar-refractivity contribution is 6.03. The summed E-state index contributed by atoms with van der Waals surface area (Å²) in [6.45, 7) is -4.45. The molecule has 0 bridgehead atoms. The van der Waals surface area contributed by atoms with Crippen molar-refractivity contribution in [3.63, 3.8) is 0 Å². The molecule has 1 amide bonds. The van der Waals surface area contributed by atoms with Crippen LogP contribution in [-0.4, -0.2) is 38.7 Å². The van der Waals surface area contributed by atoms with E-state index in [-0.39, 0.29) is 34.6 Å². The lowest BCUT2D eigenvalue weighted by Crippen LogP contribution is -2.23. The Morgan fingerprint density at radius 1 is 1.25 bits per heavy atom. The molecular weight excluding hydrogens is 406 g/mol. The molecule has 9 heteroatoms. The summed E-state index contributed by atoms with van der Waals surface area (Å²) in [5.74, 6) is -0.650. The van der Waals surface area contributed by atoms with Crippen LogP contribution in [0, 0.1) is 5.92 Å². The molecular formula is C23H25N7O2. The number of ketones is 1. The number of hydrogen-bond acceptors (Lipinski definition) is 7. The third kappa shape index (κ3) is 3.59. The van der Waals surface area contributed by atoms with E-state index in [4.69, 9.17) is 6.85 Å². The summed E-state index contributed by atoms with van der Waals surface area (Å²) >= 11 is 0. The summed E-state index contributed by atoms with van der Waals surface area (Å²) in [6, 6.07) is 6.76. The number of nitrogens with zero attached hydrogens (tertiary/aromatic N) is 5. The van der Waals surface area contributed by atoms with Crippen LogP contribution in [0.25, 0.3) is 11.3 Å². The molecule has 0 radical (unpaired) electrons. The standard InChI is InChI=1S/C23H25N7O2/c1-4-19(31)15-11-24-20(26-23(32)13-8-9-13)10-17(15)25-16-7-5-6-14-21-18(27-30(3)28-21)12-29(2)22(14)16/h5-7,10-11,13H,4,8-9,12H2,1-3H3,(H2,24,25,26,32)/i1D3,12D2. The summed E-state index contributed by atoms with van der Waals surface area (Å²) < 4.78 is 39.9. The Bertz CT molecular complexity index is 1410. The van der Waals surface area contributed by atoms with Gasteiger partial charge in [-0.05, 0) is 18.9 Å². The van der Waals surface area contributed by atoms with Gasteiger partial charge in [-0.15, -0.1) is 0 Å². The Balaban J connectivity index is 1.59. The molecule has 3 heterocycles. The first-order chi connectivity index (χ1) is 17.3. The fourth-order valence-corrected chi connectivity index (χ4v) is 3.74. The molecule has 2 aromatic heterocycles. The molecule has 0 spiro atoms. The fourth-order valence-electron chi connectivity index (χ4n) is 3.74. The first-order valence-electron chi connectivity index (χ1n) is 12.8. The minimum Gasteiger partial charge on any atom is -0.366 e. The third-order valence-electron chi connectivity index (χ3n) is 5.45. The molecule has 0 unspecified atom stereocenters. The number of carbonyl (C=O) groups excluding carboxylic acids is 2. The second kappa shape index (κ2) is 7.74. The lowest BCUT2D eigenvalue weighted by molar-refractivity contribution is -0.117. The van der Waals surface area contributed by atoms with Crippen LogP contribution in [0.15, 0.2) is 30.5 Å². The number of fused-ring (bicyclic) bond motifs is 3. The molecule has 1 aliphatic heterocycles. The maximum Gasteiger partial charge on any atom is 0.228 e. The maximum atomic E-state index is 12.9. The molecule has 0 saturated heterocycles. The van der Waals surface area contributed by atoms with Crippen LogP contribution in [0.2, 0.25) is 0 Å². The number of aryl methyl sites for hydroxylation is 1. The number of aromatic nitrogens is 4. The monoisotopic (exact) mass is 436 g/mol. The van der Waals surface area contributed by atoms with Gasteiger partial charge in [0.15, 0.2) is 5.78 Å². The Morgan fingerprint density at radius 3 is 2.88 bits per heavy atom. The number of benzene rings is 1. The van der Waals surface area contributed by atoms with Gasteiger partial charge in [0.05, 0.1) is 31.9 Å². The molecule has 1 saturated carbocycles. The minimum atomic E-state index is -2.47. The van der Waals surface area contributed by atoms with Crippen LogP contribution in [0.1, 0.15) is 49.0 Å². The van der Waals surface area contributed by atoms with Crippen LogP contribution in [0.4, 0.5) is 22.9 Å². The molecule has 32 heavy (non-hydrogen) atoms.